The molecule has 0 aromatic carbocycles. The molecule has 2 fully saturated rings. The number of rotatable bonds is 0. The molecule has 0 aromatic heterocycles. The van der Waals surface area contributed by atoms with Crippen LogP contribution in [0.5, 0.6) is 0 Å². The van der Waals surface area contributed by atoms with E-state index in [-0.39, 0.29) is 6.03 Å². The van der Waals surface area contributed by atoms with Crippen LogP contribution < -0.4 is 10.6 Å². The molecular weight excluding hydrogens is 236 g/mol. The van der Waals surface area contributed by atoms with Crippen molar-refractivity contribution in [1.82, 2.24) is 20.4 Å². The van der Waals surface area contributed by atoms with E-state index in [0.29, 0.717) is 0 Å². The topological polar surface area (TPSA) is 47.6 Å². The van der Waals surface area contributed by atoms with Crippen LogP contribution in [0, 0.1) is 0 Å². The molecule has 2 N–H and O–H groups in total. The lowest BCUT2D eigenvalue weighted by atomic mass is 10.3. The number of carbonyl (C=O) groups excluding carboxylic acids is 1. The molecule has 0 radical (unpaired) electrons. The summed E-state index contributed by atoms with van der Waals surface area (Å²) in [5.41, 5.74) is 0. The SMILES string of the molecule is CN1CCCCNC1=O.CN1CCCNC1=S. The summed E-state index contributed by atoms with van der Waals surface area (Å²) in [6, 6.07) is 0.0625. The Bertz CT molecular complexity index is 272. The van der Waals surface area contributed by atoms with Gasteiger partial charge in [0.05, 0.1) is 0 Å². The van der Waals surface area contributed by atoms with Crippen LogP contribution in [-0.2, 0) is 0 Å². The minimum atomic E-state index is 0.0625. The molecule has 6 heteroatoms. The molecule has 2 aliphatic rings. The second kappa shape index (κ2) is 7.32. The van der Waals surface area contributed by atoms with Crippen LogP contribution in [0.3, 0.4) is 0 Å². The summed E-state index contributed by atoms with van der Waals surface area (Å²) in [5.74, 6) is 0. The third-order valence-electron chi connectivity index (χ3n) is 2.84. The lowest BCUT2D eigenvalue weighted by Crippen LogP contribution is -2.43. The monoisotopic (exact) mass is 258 g/mol. The highest BCUT2D eigenvalue weighted by Crippen LogP contribution is 1.96. The Morgan fingerprint density at radius 3 is 2.24 bits per heavy atom. The number of carbonyl (C=O) groups is 1. The van der Waals surface area contributed by atoms with Gasteiger partial charge in [-0.2, -0.15) is 0 Å². The predicted molar refractivity (Wildman–Crippen MR) is 73.1 cm³/mol. The van der Waals surface area contributed by atoms with Crippen LogP contribution in [0.2, 0.25) is 0 Å². The molecule has 2 rings (SSSR count). The zero-order valence-corrected chi connectivity index (χ0v) is 11.5. The number of nitrogens with zero attached hydrogens (tertiary/aromatic N) is 2. The zero-order chi connectivity index (χ0) is 12.7. The average Bonchev–Trinajstić information content (AvgIpc) is 2.50. The lowest BCUT2D eigenvalue weighted by Gasteiger charge is -2.25. The molecule has 5 nitrogen and oxygen atoms in total. The Morgan fingerprint density at radius 2 is 1.65 bits per heavy atom. The number of hydrogen-bond donors (Lipinski definition) is 2. The Morgan fingerprint density at radius 1 is 1.00 bits per heavy atom. The van der Waals surface area contributed by atoms with Crippen LogP contribution in [0.1, 0.15) is 19.3 Å². The van der Waals surface area contributed by atoms with E-state index < -0.39 is 0 Å². The van der Waals surface area contributed by atoms with E-state index in [1.807, 2.05) is 14.1 Å². The summed E-state index contributed by atoms with van der Waals surface area (Å²) in [4.78, 5) is 14.6. The summed E-state index contributed by atoms with van der Waals surface area (Å²) in [5, 5.41) is 6.76. The smallest absolute Gasteiger partial charge is 0.317 e. The summed E-state index contributed by atoms with van der Waals surface area (Å²) < 4.78 is 0. The van der Waals surface area contributed by atoms with Gasteiger partial charge in [-0.15, -0.1) is 0 Å². The van der Waals surface area contributed by atoms with E-state index in [9.17, 15) is 4.79 Å². The molecule has 0 aliphatic carbocycles. The van der Waals surface area contributed by atoms with Crippen LogP contribution in [-0.4, -0.2) is 61.2 Å². The molecular formula is C11H22N4OS. The fourth-order valence-electron chi connectivity index (χ4n) is 1.65. The van der Waals surface area contributed by atoms with Crippen molar-refractivity contribution in [3.8, 4) is 0 Å². The highest BCUT2D eigenvalue weighted by atomic mass is 32.1. The largest absolute Gasteiger partial charge is 0.363 e. The third kappa shape index (κ3) is 5.21. The van der Waals surface area contributed by atoms with Gasteiger partial charge in [-0.1, -0.05) is 0 Å². The number of thiocarbonyl (C=S) groups is 1. The van der Waals surface area contributed by atoms with E-state index in [0.717, 1.165) is 44.1 Å². The number of urea groups is 1. The first-order chi connectivity index (χ1) is 8.11. The standard InChI is InChI=1S/C6H12N2O.C5H10N2S/c1-8-5-3-2-4-7-6(8)9;1-7-4-2-3-6-5(7)8/h2-5H2,1H3,(H,7,9);2-4H2,1H3,(H,6,8). The van der Waals surface area contributed by atoms with Gasteiger partial charge in [0.15, 0.2) is 5.11 Å². The normalized spacial score (nSPS) is 20.8. The number of hydrogen-bond acceptors (Lipinski definition) is 2. The first-order valence-corrected chi connectivity index (χ1v) is 6.50. The Kier molecular flexibility index (Phi) is 6.04. The van der Waals surface area contributed by atoms with Crippen molar-refractivity contribution >= 4 is 23.4 Å². The number of amides is 2. The van der Waals surface area contributed by atoms with Gasteiger partial charge in [0, 0.05) is 40.3 Å². The van der Waals surface area contributed by atoms with E-state index in [4.69, 9.17) is 12.2 Å². The molecule has 2 amide bonds. The van der Waals surface area contributed by atoms with Crippen LogP contribution in [0.25, 0.3) is 0 Å². The molecule has 2 saturated heterocycles. The quantitative estimate of drug-likeness (QED) is 0.625. The van der Waals surface area contributed by atoms with Crippen LogP contribution in [0.4, 0.5) is 4.79 Å². The van der Waals surface area contributed by atoms with E-state index >= 15 is 0 Å². The van der Waals surface area contributed by atoms with Crippen LogP contribution >= 0.6 is 12.2 Å². The fraction of sp³-hybridized carbons (Fsp3) is 0.818. The molecule has 0 atom stereocenters. The molecule has 17 heavy (non-hydrogen) atoms. The Balaban J connectivity index is 0.000000171. The summed E-state index contributed by atoms with van der Waals surface area (Å²) in [6.07, 6.45) is 3.43. The van der Waals surface area contributed by atoms with E-state index in [1.165, 1.54) is 6.42 Å². The summed E-state index contributed by atoms with van der Waals surface area (Å²) in [6.45, 7) is 3.88. The van der Waals surface area contributed by atoms with Gasteiger partial charge in [-0.05, 0) is 31.5 Å². The average molecular weight is 258 g/mol. The Hall–Kier alpha value is -1.04. The molecule has 98 valence electrons. The second-order valence-corrected chi connectivity index (χ2v) is 4.75. The summed E-state index contributed by atoms with van der Waals surface area (Å²) in [7, 11) is 3.83. The minimum absolute atomic E-state index is 0.0625. The maximum Gasteiger partial charge on any atom is 0.317 e. The van der Waals surface area contributed by atoms with Crippen molar-refractivity contribution in [2.75, 3.05) is 40.3 Å². The van der Waals surface area contributed by atoms with Gasteiger partial charge in [0.2, 0.25) is 0 Å². The van der Waals surface area contributed by atoms with Gasteiger partial charge < -0.3 is 20.4 Å². The number of nitrogens with one attached hydrogen (secondary N) is 2. The molecule has 0 spiro atoms. The summed E-state index contributed by atoms with van der Waals surface area (Å²) >= 11 is 4.94. The molecule has 0 unspecified atom stereocenters. The highest BCUT2D eigenvalue weighted by molar-refractivity contribution is 7.80. The maximum atomic E-state index is 10.8. The molecule has 0 aromatic rings. The van der Waals surface area contributed by atoms with E-state index in [2.05, 4.69) is 15.5 Å². The van der Waals surface area contributed by atoms with Crippen molar-refractivity contribution in [3.63, 3.8) is 0 Å². The zero-order valence-electron chi connectivity index (χ0n) is 10.7. The Labute approximate surface area is 109 Å². The maximum absolute atomic E-state index is 10.8. The van der Waals surface area contributed by atoms with Gasteiger partial charge in [0.1, 0.15) is 0 Å². The molecule has 0 bridgehead atoms. The van der Waals surface area contributed by atoms with E-state index in [1.54, 1.807) is 4.90 Å². The van der Waals surface area contributed by atoms with Gasteiger partial charge in [0.25, 0.3) is 0 Å². The third-order valence-corrected chi connectivity index (χ3v) is 3.29. The van der Waals surface area contributed by atoms with Gasteiger partial charge in [-0.25, -0.2) is 4.79 Å². The van der Waals surface area contributed by atoms with Gasteiger partial charge >= 0.3 is 6.03 Å². The van der Waals surface area contributed by atoms with Crippen molar-refractivity contribution in [2.45, 2.75) is 19.3 Å². The predicted octanol–water partition coefficient (Wildman–Crippen LogP) is 0.618. The van der Waals surface area contributed by atoms with Gasteiger partial charge in [-0.3, -0.25) is 0 Å². The second-order valence-electron chi connectivity index (χ2n) is 4.37. The van der Waals surface area contributed by atoms with Crippen LogP contribution in [0.15, 0.2) is 0 Å². The highest BCUT2D eigenvalue weighted by Gasteiger charge is 2.09. The van der Waals surface area contributed by atoms with Crippen molar-refractivity contribution in [1.29, 1.82) is 0 Å². The van der Waals surface area contributed by atoms with Crippen molar-refractivity contribution in [3.05, 3.63) is 0 Å². The molecule has 2 aliphatic heterocycles. The first kappa shape index (κ1) is 14.0. The van der Waals surface area contributed by atoms with Crippen molar-refractivity contribution < 1.29 is 4.79 Å². The fourth-order valence-corrected chi connectivity index (χ4v) is 1.85. The first-order valence-electron chi connectivity index (χ1n) is 6.09. The lowest BCUT2D eigenvalue weighted by molar-refractivity contribution is 0.213. The molecule has 2 heterocycles. The minimum Gasteiger partial charge on any atom is -0.363 e. The molecule has 0 saturated carbocycles. The van der Waals surface area contributed by atoms with Crippen molar-refractivity contribution in [2.24, 2.45) is 0 Å².